The van der Waals surface area contributed by atoms with Gasteiger partial charge in [-0.1, -0.05) is 35.5 Å². The van der Waals surface area contributed by atoms with E-state index in [2.05, 4.69) is 15.6 Å². The van der Waals surface area contributed by atoms with Gasteiger partial charge >= 0.3 is 0 Å². The van der Waals surface area contributed by atoms with Crippen molar-refractivity contribution in [3.8, 4) is 0 Å². The highest BCUT2D eigenvalue weighted by atomic mass is 32.2. The number of nitrogens with one attached hydrogen (secondary N) is 2. The predicted octanol–water partition coefficient (Wildman–Crippen LogP) is 3.86. The molecule has 1 atom stereocenters. The van der Waals surface area contributed by atoms with E-state index < -0.39 is 5.25 Å². The van der Waals surface area contributed by atoms with Crippen molar-refractivity contribution >= 4 is 40.1 Å². The second kappa shape index (κ2) is 7.74. The number of nitrogens with zero attached hydrogens (tertiary/aromatic N) is 1. The molecule has 2 amide bonds. The molecule has 0 saturated carbocycles. The molecule has 1 aliphatic rings. The maximum Gasteiger partial charge on any atom is 0.240 e. The molecule has 134 valence electrons. The summed E-state index contributed by atoms with van der Waals surface area (Å²) in [4.78, 5) is 28.8. The van der Waals surface area contributed by atoms with Gasteiger partial charge in [0.15, 0.2) is 5.17 Å². The van der Waals surface area contributed by atoms with E-state index in [9.17, 15) is 9.59 Å². The van der Waals surface area contributed by atoms with Crippen LogP contribution >= 0.6 is 11.8 Å². The minimum absolute atomic E-state index is 0.107. The molecule has 1 saturated heterocycles. The van der Waals surface area contributed by atoms with E-state index in [4.69, 9.17) is 0 Å². The Hall–Kier alpha value is -2.60. The van der Waals surface area contributed by atoms with Crippen molar-refractivity contribution in [2.24, 2.45) is 4.99 Å². The zero-order valence-corrected chi connectivity index (χ0v) is 15.8. The molecule has 6 heteroatoms. The monoisotopic (exact) mass is 367 g/mol. The SMILES string of the molecule is Cc1ccc(NC(=O)C[C@@H]2SC(=Nc3ccc(C)c(C)c3)NC2=O)cc1. The van der Waals surface area contributed by atoms with Crippen LogP contribution in [-0.2, 0) is 9.59 Å². The van der Waals surface area contributed by atoms with Gasteiger partial charge in [0.05, 0.1) is 5.69 Å². The lowest BCUT2D eigenvalue weighted by molar-refractivity contribution is -0.122. The second-order valence-corrected chi connectivity index (χ2v) is 7.59. The first-order chi connectivity index (χ1) is 12.4. The van der Waals surface area contributed by atoms with E-state index in [-0.39, 0.29) is 18.2 Å². The molecule has 2 N–H and O–H groups in total. The van der Waals surface area contributed by atoms with Gasteiger partial charge in [-0.2, -0.15) is 0 Å². The lowest BCUT2D eigenvalue weighted by Gasteiger charge is -2.07. The highest BCUT2D eigenvalue weighted by Gasteiger charge is 2.32. The van der Waals surface area contributed by atoms with Crippen molar-refractivity contribution < 1.29 is 9.59 Å². The van der Waals surface area contributed by atoms with Crippen LogP contribution in [-0.4, -0.2) is 22.2 Å². The fourth-order valence-electron chi connectivity index (χ4n) is 2.52. The number of hydrogen-bond donors (Lipinski definition) is 2. The van der Waals surface area contributed by atoms with E-state index in [0.29, 0.717) is 5.17 Å². The Balaban J connectivity index is 1.62. The molecule has 1 aliphatic heterocycles. The van der Waals surface area contributed by atoms with Crippen LogP contribution in [0.4, 0.5) is 11.4 Å². The number of anilines is 1. The molecule has 0 bridgehead atoms. The number of aryl methyl sites for hydroxylation is 3. The van der Waals surface area contributed by atoms with E-state index in [1.807, 2.05) is 63.2 Å². The fourth-order valence-corrected chi connectivity index (χ4v) is 3.51. The molecule has 2 aromatic rings. The van der Waals surface area contributed by atoms with Crippen LogP contribution in [0.15, 0.2) is 47.5 Å². The minimum Gasteiger partial charge on any atom is -0.326 e. The first kappa shape index (κ1) is 18.2. The minimum atomic E-state index is -0.467. The van der Waals surface area contributed by atoms with Crippen molar-refractivity contribution in [3.63, 3.8) is 0 Å². The average molecular weight is 367 g/mol. The van der Waals surface area contributed by atoms with Crippen LogP contribution in [0.2, 0.25) is 0 Å². The molecule has 5 nitrogen and oxygen atoms in total. The molecule has 1 fully saturated rings. The Kier molecular flexibility index (Phi) is 5.42. The summed E-state index contributed by atoms with van der Waals surface area (Å²) >= 11 is 1.29. The third kappa shape index (κ3) is 4.52. The van der Waals surface area contributed by atoms with Crippen LogP contribution in [0.3, 0.4) is 0 Å². The second-order valence-electron chi connectivity index (χ2n) is 6.40. The lowest BCUT2D eigenvalue weighted by atomic mass is 10.1. The maximum absolute atomic E-state index is 12.2. The Morgan fingerprint density at radius 1 is 1.12 bits per heavy atom. The summed E-state index contributed by atoms with van der Waals surface area (Å²) in [6.07, 6.45) is 0.107. The number of aliphatic imine (C=N–C) groups is 1. The van der Waals surface area contributed by atoms with Gasteiger partial charge in [-0.25, -0.2) is 4.99 Å². The smallest absolute Gasteiger partial charge is 0.240 e. The van der Waals surface area contributed by atoms with Gasteiger partial charge in [-0.05, 0) is 56.2 Å². The van der Waals surface area contributed by atoms with Gasteiger partial charge in [-0.15, -0.1) is 0 Å². The van der Waals surface area contributed by atoms with Gasteiger partial charge in [0, 0.05) is 12.1 Å². The summed E-state index contributed by atoms with van der Waals surface area (Å²) in [5, 5.41) is 5.65. The van der Waals surface area contributed by atoms with Gasteiger partial charge < -0.3 is 10.6 Å². The van der Waals surface area contributed by atoms with Gasteiger partial charge in [0.2, 0.25) is 11.8 Å². The molecule has 0 unspecified atom stereocenters. The number of carbonyl (C=O) groups is 2. The van der Waals surface area contributed by atoms with Crippen molar-refractivity contribution in [3.05, 3.63) is 59.2 Å². The molecular formula is C20H21N3O2S. The highest BCUT2D eigenvalue weighted by Crippen LogP contribution is 2.26. The number of amidine groups is 1. The third-order valence-corrected chi connectivity index (χ3v) is 5.29. The van der Waals surface area contributed by atoms with E-state index in [0.717, 1.165) is 22.5 Å². The highest BCUT2D eigenvalue weighted by molar-refractivity contribution is 8.15. The summed E-state index contributed by atoms with van der Waals surface area (Å²) in [5.41, 5.74) is 4.99. The molecular weight excluding hydrogens is 346 g/mol. The lowest BCUT2D eigenvalue weighted by Crippen LogP contribution is -2.28. The zero-order valence-electron chi connectivity index (χ0n) is 15.0. The number of amides is 2. The number of benzene rings is 2. The van der Waals surface area contributed by atoms with Crippen LogP contribution in [0.5, 0.6) is 0 Å². The quantitative estimate of drug-likeness (QED) is 0.862. The summed E-state index contributed by atoms with van der Waals surface area (Å²) < 4.78 is 0. The fraction of sp³-hybridized carbons (Fsp3) is 0.250. The van der Waals surface area contributed by atoms with Crippen molar-refractivity contribution in [1.82, 2.24) is 5.32 Å². The van der Waals surface area contributed by atoms with Crippen LogP contribution in [0.25, 0.3) is 0 Å². The number of carbonyl (C=O) groups excluding carboxylic acids is 2. The van der Waals surface area contributed by atoms with E-state index in [1.165, 1.54) is 17.3 Å². The summed E-state index contributed by atoms with van der Waals surface area (Å²) in [6.45, 7) is 6.06. The van der Waals surface area contributed by atoms with Crippen LogP contribution in [0, 0.1) is 20.8 Å². The standard InChI is InChI=1S/C20H21N3O2S/c1-12-4-7-15(8-5-12)21-18(24)11-17-19(25)23-20(26-17)22-16-9-6-13(2)14(3)10-16/h4-10,17H,11H2,1-3H3,(H,21,24)(H,22,23,25)/t17-/m0/s1. The molecule has 3 rings (SSSR count). The zero-order chi connectivity index (χ0) is 18.7. The van der Waals surface area contributed by atoms with Crippen molar-refractivity contribution in [2.45, 2.75) is 32.4 Å². The Morgan fingerprint density at radius 2 is 1.85 bits per heavy atom. The van der Waals surface area contributed by atoms with Gasteiger partial charge in [-0.3, -0.25) is 9.59 Å². The number of hydrogen-bond acceptors (Lipinski definition) is 4. The Labute approximate surface area is 157 Å². The summed E-state index contributed by atoms with van der Waals surface area (Å²) in [5.74, 6) is -0.370. The molecule has 0 radical (unpaired) electrons. The number of rotatable bonds is 4. The number of thioether (sulfide) groups is 1. The van der Waals surface area contributed by atoms with Crippen LogP contribution in [0.1, 0.15) is 23.1 Å². The normalized spacial score (nSPS) is 18.0. The molecule has 0 aromatic heterocycles. The molecule has 26 heavy (non-hydrogen) atoms. The third-order valence-electron chi connectivity index (χ3n) is 4.20. The predicted molar refractivity (Wildman–Crippen MR) is 107 cm³/mol. The maximum atomic E-state index is 12.2. The average Bonchev–Trinajstić information content (AvgIpc) is 2.92. The molecule has 0 spiro atoms. The summed E-state index contributed by atoms with van der Waals surface area (Å²) in [7, 11) is 0. The van der Waals surface area contributed by atoms with Crippen molar-refractivity contribution in [2.75, 3.05) is 5.32 Å². The van der Waals surface area contributed by atoms with E-state index >= 15 is 0 Å². The molecule has 0 aliphatic carbocycles. The summed E-state index contributed by atoms with van der Waals surface area (Å²) in [6, 6.07) is 13.5. The van der Waals surface area contributed by atoms with Crippen LogP contribution < -0.4 is 10.6 Å². The van der Waals surface area contributed by atoms with E-state index in [1.54, 1.807) is 0 Å². The molecule has 2 aromatic carbocycles. The largest absolute Gasteiger partial charge is 0.326 e. The van der Waals surface area contributed by atoms with Gasteiger partial charge in [0.1, 0.15) is 5.25 Å². The Morgan fingerprint density at radius 3 is 2.54 bits per heavy atom. The van der Waals surface area contributed by atoms with Crippen molar-refractivity contribution in [1.29, 1.82) is 0 Å². The first-order valence-electron chi connectivity index (χ1n) is 8.41. The first-order valence-corrected chi connectivity index (χ1v) is 9.28. The topological polar surface area (TPSA) is 70.6 Å². The Bertz CT molecular complexity index is 875. The van der Waals surface area contributed by atoms with Gasteiger partial charge in [0.25, 0.3) is 0 Å². The molecule has 1 heterocycles.